The van der Waals surface area contributed by atoms with E-state index in [1.807, 2.05) is 6.07 Å². The van der Waals surface area contributed by atoms with Crippen LogP contribution in [0.2, 0.25) is 0 Å². The van der Waals surface area contributed by atoms with Crippen LogP contribution in [0.25, 0.3) is 11.1 Å². The van der Waals surface area contributed by atoms with Crippen LogP contribution in [0.5, 0.6) is 5.75 Å². The Kier molecular flexibility index (Phi) is 12.6. The van der Waals surface area contributed by atoms with E-state index in [2.05, 4.69) is 85.7 Å². The van der Waals surface area contributed by atoms with E-state index >= 15 is 0 Å². The Balaban J connectivity index is 1.82. The van der Waals surface area contributed by atoms with Crippen molar-refractivity contribution in [1.82, 2.24) is 0 Å². The largest absolute Gasteiger partial charge is 0.427 e. The zero-order valence-corrected chi connectivity index (χ0v) is 27.7. The van der Waals surface area contributed by atoms with Gasteiger partial charge in [0.2, 0.25) is 0 Å². The SMILES string of the molecule is CC(C)CCCCCCCOP(O)Oc1cccc(-c2ccc(C(C)(C)C)cc2C(C)(C)C)c1C1CCCCC1. The summed E-state index contributed by atoms with van der Waals surface area (Å²) in [5.41, 5.74) is 6.61. The van der Waals surface area contributed by atoms with E-state index in [0.717, 1.165) is 24.5 Å². The second-order valence-electron chi connectivity index (χ2n) is 14.4. The summed E-state index contributed by atoms with van der Waals surface area (Å²) in [5, 5.41) is 0. The van der Waals surface area contributed by atoms with Crippen LogP contribution < -0.4 is 4.52 Å². The molecule has 0 amide bonds. The summed E-state index contributed by atoms with van der Waals surface area (Å²) in [6, 6.07) is 13.4. The quantitative estimate of drug-likeness (QED) is 0.193. The Hall–Kier alpha value is -1.41. The lowest BCUT2D eigenvalue weighted by molar-refractivity contribution is 0.252. The normalized spacial score (nSPS) is 15.9. The summed E-state index contributed by atoms with van der Waals surface area (Å²) in [6.07, 6.45) is 13.4. The first-order valence-corrected chi connectivity index (χ1v) is 17.1. The summed E-state index contributed by atoms with van der Waals surface area (Å²) in [7, 11) is -1.96. The summed E-state index contributed by atoms with van der Waals surface area (Å²) in [4.78, 5) is 10.8. The van der Waals surface area contributed by atoms with Crippen molar-refractivity contribution >= 4 is 8.60 Å². The summed E-state index contributed by atoms with van der Waals surface area (Å²) in [5.74, 6) is 2.02. The molecule has 1 aliphatic carbocycles. The Bertz CT molecular complexity index is 1040. The van der Waals surface area contributed by atoms with Crippen molar-refractivity contribution in [3.63, 3.8) is 0 Å². The van der Waals surface area contributed by atoms with E-state index < -0.39 is 8.60 Å². The van der Waals surface area contributed by atoms with Crippen LogP contribution >= 0.6 is 8.60 Å². The fourth-order valence-electron chi connectivity index (χ4n) is 5.98. The lowest BCUT2D eigenvalue weighted by Gasteiger charge is -2.31. The van der Waals surface area contributed by atoms with Crippen molar-refractivity contribution in [3.05, 3.63) is 53.1 Å². The van der Waals surface area contributed by atoms with Crippen LogP contribution in [0, 0.1) is 5.92 Å². The molecular weight excluding hydrogens is 511 g/mol. The third-order valence-corrected chi connectivity index (χ3v) is 9.12. The summed E-state index contributed by atoms with van der Waals surface area (Å²) >= 11 is 0. The standard InChI is InChI=1S/C36H57O3P/c1-27(2)18-13-10-9-11-16-25-38-40(37)39-33-22-17-21-31(34(33)28-19-14-12-15-20-28)30-24-23-29(35(3,4)5)26-32(30)36(6,7)8/h17,21-24,26-28,37H,9-16,18-20,25H2,1-8H3. The second kappa shape index (κ2) is 15.2. The van der Waals surface area contributed by atoms with Crippen molar-refractivity contribution in [1.29, 1.82) is 0 Å². The Morgan fingerprint density at radius 1 is 0.825 bits per heavy atom. The van der Waals surface area contributed by atoms with Crippen LogP contribution in [0.15, 0.2) is 36.4 Å². The number of hydrogen-bond acceptors (Lipinski definition) is 3. The predicted octanol–water partition coefficient (Wildman–Crippen LogP) is 11.6. The minimum absolute atomic E-state index is 0.00120. The Morgan fingerprint density at radius 2 is 1.50 bits per heavy atom. The number of unbranched alkanes of at least 4 members (excludes halogenated alkanes) is 4. The maximum Gasteiger partial charge on any atom is 0.394 e. The maximum absolute atomic E-state index is 10.8. The van der Waals surface area contributed by atoms with Gasteiger partial charge < -0.3 is 13.9 Å². The van der Waals surface area contributed by atoms with Crippen LogP contribution in [0.4, 0.5) is 0 Å². The molecule has 4 heteroatoms. The minimum Gasteiger partial charge on any atom is -0.427 e. The van der Waals surface area contributed by atoms with Gasteiger partial charge in [0.15, 0.2) is 0 Å². The third-order valence-electron chi connectivity index (χ3n) is 8.37. The van der Waals surface area contributed by atoms with Gasteiger partial charge in [-0.25, -0.2) is 0 Å². The molecule has 0 saturated heterocycles. The van der Waals surface area contributed by atoms with Crippen LogP contribution in [0.1, 0.15) is 149 Å². The highest BCUT2D eigenvalue weighted by atomic mass is 31.2. The van der Waals surface area contributed by atoms with Gasteiger partial charge in [0, 0.05) is 5.56 Å². The highest BCUT2D eigenvalue weighted by molar-refractivity contribution is 7.41. The average molecular weight is 569 g/mol. The minimum atomic E-state index is -1.96. The van der Waals surface area contributed by atoms with Gasteiger partial charge in [-0.2, -0.15) is 0 Å². The Morgan fingerprint density at radius 3 is 2.15 bits per heavy atom. The van der Waals surface area contributed by atoms with E-state index in [1.165, 1.54) is 85.6 Å². The van der Waals surface area contributed by atoms with Gasteiger partial charge >= 0.3 is 8.60 Å². The molecule has 0 radical (unpaired) electrons. The smallest absolute Gasteiger partial charge is 0.394 e. The highest BCUT2D eigenvalue weighted by Crippen LogP contribution is 2.48. The van der Waals surface area contributed by atoms with Gasteiger partial charge in [-0.1, -0.05) is 137 Å². The summed E-state index contributed by atoms with van der Waals surface area (Å²) < 4.78 is 12.0. The third kappa shape index (κ3) is 9.85. The molecule has 1 N–H and O–H groups in total. The number of rotatable bonds is 13. The number of benzene rings is 2. The molecule has 2 aromatic rings. The molecule has 1 unspecified atom stereocenters. The molecule has 224 valence electrons. The van der Waals surface area contributed by atoms with Crippen LogP contribution in [0.3, 0.4) is 0 Å². The predicted molar refractivity (Wildman–Crippen MR) is 173 cm³/mol. The average Bonchev–Trinajstić information content (AvgIpc) is 2.89. The first-order chi connectivity index (χ1) is 18.9. The van der Waals surface area contributed by atoms with Gasteiger partial charge in [0.05, 0.1) is 6.61 Å². The molecule has 40 heavy (non-hydrogen) atoms. The van der Waals surface area contributed by atoms with Gasteiger partial charge in [0.25, 0.3) is 0 Å². The van der Waals surface area contributed by atoms with Gasteiger partial charge in [-0.3, -0.25) is 0 Å². The van der Waals surface area contributed by atoms with E-state index in [9.17, 15) is 4.89 Å². The molecule has 0 spiro atoms. The molecule has 2 aromatic carbocycles. The van der Waals surface area contributed by atoms with E-state index in [1.54, 1.807) is 0 Å². The highest BCUT2D eigenvalue weighted by Gasteiger charge is 2.28. The molecule has 3 nitrogen and oxygen atoms in total. The van der Waals surface area contributed by atoms with Gasteiger partial charge in [-0.05, 0) is 70.2 Å². The van der Waals surface area contributed by atoms with Crippen molar-refractivity contribution in [2.24, 2.45) is 5.92 Å². The molecule has 0 bridgehead atoms. The maximum atomic E-state index is 10.8. The van der Waals surface area contributed by atoms with Crippen molar-refractivity contribution in [2.45, 2.75) is 143 Å². The lowest BCUT2D eigenvalue weighted by atomic mass is 9.74. The number of hydrogen-bond donors (Lipinski definition) is 1. The molecule has 1 fully saturated rings. The molecule has 3 rings (SSSR count). The van der Waals surface area contributed by atoms with Gasteiger partial charge in [0.1, 0.15) is 5.75 Å². The molecule has 1 saturated carbocycles. The second-order valence-corrected chi connectivity index (χ2v) is 15.3. The van der Waals surface area contributed by atoms with E-state index in [0.29, 0.717) is 12.5 Å². The van der Waals surface area contributed by atoms with Crippen molar-refractivity contribution in [3.8, 4) is 16.9 Å². The fourth-order valence-corrected chi connectivity index (χ4v) is 6.64. The Labute approximate surface area is 247 Å². The molecule has 1 aliphatic rings. The first kappa shape index (κ1) is 33.1. The van der Waals surface area contributed by atoms with Gasteiger partial charge in [-0.15, -0.1) is 0 Å². The van der Waals surface area contributed by atoms with Crippen LogP contribution in [-0.4, -0.2) is 11.5 Å². The molecule has 0 aromatic heterocycles. The monoisotopic (exact) mass is 568 g/mol. The zero-order valence-electron chi connectivity index (χ0n) is 26.8. The van der Waals surface area contributed by atoms with Crippen molar-refractivity contribution in [2.75, 3.05) is 6.61 Å². The molecule has 0 heterocycles. The van der Waals surface area contributed by atoms with E-state index in [4.69, 9.17) is 9.05 Å². The summed E-state index contributed by atoms with van der Waals surface area (Å²) in [6.45, 7) is 18.9. The molecule has 0 aliphatic heterocycles. The zero-order chi connectivity index (χ0) is 29.3. The fraction of sp³-hybridized carbons (Fsp3) is 0.667. The molecule has 1 atom stereocenters. The van der Waals surface area contributed by atoms with Crippen molar-refractivity contribution < 1.29 is 13.9 Å². The topological polar surface area (TPSA) is 38.7 Å². The molecular formula is C36H57O3P. The lowest BCUT2D eigenvalue weighted by Crippen LogP contribution is -2.18. The van der Waals surface area contributed by atoms with E-state index in [-0.39, 0.29) is 10.8 Å². The van der Waals surface area contributed by atoms with Crippen LogP contribution in [-0.2, 0) is 15.4 Å². The first-order valence-electron chi connectivity index (χ1n) is 16.0.